The number of nitrogens with one attached hydrogen (secondary N) is 1. The number of ether oxygens (including phenoxy) is 1. The Morgan fingerprint density at radius 3 is 2.74 bits per heavy atom. The second kappa shape index (κ2) is 6.39. The predicted molar refractivity (Wildman–Crippen MR) is 82.0 cm³/mol. The molecule has 1 aliphatic heterocycles. The van der Waals surface area contributed by atoms with Crippen molar-refractivity contribution in [3.63, 3.8) is 0 Å². The SMILES string of the molecule is COCC1CCN(c2ccc(Br)cc2C(=N)N)CC1. The van der Waals surface area contributed by atoms with E-state index in [4.69, 9.17) is 15.9 Å². The van der Waals surface area contributed by atoms with E-state index in [-0.39, 0.29) is 5.84 Å². The summed E-state index contributed by atoms with van der Waals surface area (Å²) in [6, 6.07) is 5.96. The van der Waals surface area contributed by atoms with E-state index in [1.165, 1.54) is 0 Å². The highest BCUT2D eigenvalue weighted by Gasteiger charge is 2.21. The van der Waals surface area contributed by atoms with Crippen LogP contribution in [0, 0.1) is 11.3 Å². The Kier molecular flexibility index (Phi) is 4.82. The highest BCUT2D eigenvalue weighted by atomic mass is 79.9. The van der Waals surface area contributed by atoms with Crippen LogP contribution in [0.15, 0.2) is 22.7 Å². The van der Waals surface area contributed by atoms with Crippen molar-refractivity contribution in [2.45, 2.75) is 12.8 Å². The van der Waals surface area contributed by atoms with Gasteiger partial charge < -0.3 is 15.4 Å². The van der Waals surface area contributed by atoms with Crippen LogP contribution < -0.4 is 10.6 Å². The average molecular weight is 326 g/mol. The van der Waals surface area contributed by atoms with E-state index in [0.29, 0.717) is 5.92 Å². The first-order valence-electron chi connectivity index (χ1n) is 6.49. The molecule has 1 fully saturated rings. The molecule has 3 N–H and O–H groups in total. The van der Waals surface area contributed by atoms with Crippen molar-refractivity contribution in [2.75, 3.05) is 31.7 Å². The van der Waals surface area contributed by atoms with Gasteiger partial charge in [-0.25, -0.2) is 0 Å². The molecule has 1 aromatic rings. The van der Waals surface area contributed by atoms with Crippen molar-refractivity contribution in [3.8, 4) is 0 Å². The number of amidine groups is 1. The van der Waals surface area contributed by atoms with Crippen molar-refractivity contribution in [3.05, 3.63) is 28.2 Å². The lowest BCUT2D eigenvalue weighted by Gasteiger charge is -2.34. The number of methoxy groups -OCH3 is 1. The highest BCUT2D eigenvalue weighted by Crippen LogP contribution is 2.28. The van der Waals surface area contributed by atoms with Gasteiger partial charge in [0.05, 0.1) is 0 Å². The molecule has 104 valence electrons. The van der Waals surface area contributed by atoms with Crippen LogP contribution in [0.5, 0.6) is 0 Å². The molecule has 0 saturated carbocycles. The summed E-state index contributed by atoms with van der Waals surface area (Å²) >= 11 is 3.43. The molecule has 0 unspecified atom stereocenters. The molecule has 4 nitrogen and oxygen atoms in total. The predicted octanol–water partition coefficient (Wildman–Crippen LogP) is 2.60. The lowest BCUT2D eigenvalue weighted by Crippen LogP contribution is -2.36. The van der Waals surface area contributed by atoms with E-state index in [0.717, 1.165) is 48.3 Å². The first-order chi connectivity index (χ1) is 9.11. The summed E-state index contributed by atoms with van der Waals surface area (Å²) < 4.78 is 6.18. The summed E-state index contributed by atoms with van der Waals surface area (Å²) in [6.45, 7) is 2.83. The number of rotatable bonds is 4. The van der Waals surface area contributed by atoms with E-state index in [9.17, 15) is 0 Å². The number of nitrogens with two attached hydrogens (primary N) is 1. The van der Waals surface area contributed by atoms with Crippen LogP contribution in [0.2, 0.25) is 0 Å². The number of halogens is 1. The molecule has 0 aromatic heterocycles. The molecule has 0 aliphatic carbocycles. The molecule has 0 bridgehead atoms. The van der Waals surface area contributed by atoms with Gasteiger partial charge in [0.15, 0.2) is 0 Å². The summed E-state index contributed by atoms with van der Waals surface area (Å²) in [5.74, 6) is 0.771. The summed E-state index contributed by atoms with van der Waals surface area (Å²) in [5.41, 5.74) is 7.55. The minimum Gasteiger partial charge on any atom is -0.384 e. The van der Waals surface area contributed by atoms with E-state index < -0.39 is 0 Å². The topological polar surface area (TPSA) is 62.3 Å². The van der Waals surface area contributed by atoms with Crippen LogP contribution in [0.25, 0.3) is 0 Å². The largest absolute Gasteiger partial charge is 0.384 e. The summed E-state index contributed by atoms with van der Waals surface area (Å²) in [4.78, 5) is 2.31. The maximum Gasteiger partial charge on any atom is 0.124 e. The Balaban J connectivity index is 2.13. The Hall–Kier alpha value is -1.07. The second-order valence-corrected chi connectivity index (χ2v) is 5.88. The molecule has 0 amide bonds. The van der Waals surface area contributed by atoms with Gasteiger partial charge >= 0.3 is 0 Å². The first kappa shape index (κ1) is 14.3. The molecular formula is C14H20BrN3O. The van der Waals surface area contributed by atoms with E-state index in [1.807, 2.05) is 18.2 Å². The minimum atomic E-state index is 0.121. The summed E-state index contributed by atoms with van der Waals surface area (Å²) in [6.07, 6.45) is 2.25. The van der Waals surface area contributed by atoms with Crippen LogP contribution in [0.1, 0.15) is 18.4 Å². The summed E-state index contributed by atoms with van der Waals surface area (Å²) in [5, 5.41) is 7.71. The number of nitrogens with zero attached hydrogens (tertiary/aromatic N) is 1. The Morgan fingerprint density at radius 1 is 1.47 bits per heavy atom. The number of piperidine rings is 1. The third-order valence-electron chi connectivity index (χ3n) is 3.61. The number of anilines is 1. The highest BCUT2D eigenvalue weighted by molar-refractivity contribution is 9.10. The van der Waals surface area contributed by atoms with Crippen molar-refractivity contribution in [1.29, 1.82) is 5.41 Å². The molecule has 1 aliphatic rings. The van der Waals surface area contributed by atoms with Crippen LogP contribution in [0.3, 0.4) is 0 Å². The van der Waals surface area contributed by atoms with Gasteiger partial charge in [-0.2, -0.15) is 0 Å². The Morgan fingerprint density at radius 2 is 2.16 bits per heavy atom. The molecular weight excluding hydrogens is 306 g/mol. The molecule has 1 saturated heterocycles. The van der Waals surface area contributed by atoms with Crippen molar-refractivity contribution in [2.24, 2.45) is 11.7 Å². The average Bonchev–Trinajstić information content (AvgIpc) is 2.40. The lowest BCUT2D eigenvalue weighted by atomic mass is 9.96. The van der Waals surface area contributed by atoms with Gasteiger partial charge in [-0.05, 0) is 37.0 Å². The van der Waals surface area contributed by atoms with Crippen molar-refractivity contribution in [1.82, 2.24) is 0 Å². The van der Waals surface area contributed by atoms with Crippen LogP contribution in [0.4, 0.5) is 5.69 Å². The van der Waals surface area contributed by atoms with Gasteiger partial charge in [-0.1, -0.05) is 15.9 Å². The van der Waals surface area contributed by atoms with Gasteiger partial charge in [0, 0.05) is 42.5 Å². The zero-order chi connectivity index (χ0) is 13.8. The zero-order valence-corrected chi connectivity index (χ0v) is 12.7. The van der Waals surface area contributed by atoms with Crippen molar-refractivity contribution >= 4 is 27.5 Å². The van der Waals surface area contributed by atoms with Gasteiger partial charge in [0.1, 0.15) is 5.84 Å². The monoisotopic (exact) mass is 325 g/mol. The van der Waals surface area contributed by atoms with Gasteiger partial charge in [-0.15, -0.1) is 0 Å². The first-order valence-corrected chi connectivity index (χ1v) is 7.29. The van der Waals surface area contributed by atoms with Crippen LogP contribution in [-0.4, -0.2) is 32.6 Å². The third kappa shape index (κ3) is 3.48. The standard InChI is InChI=1S/C14H20BrN3O/c1-19-9-10-4-6-18(7-5-10)13-3-2-11(15)8-12(13)14(16)17/h2-3,8,10H,4-7,9H2,1H3,(H3,16,17). The van der Waals surface area contributed by atoms with Crippen LogP contribution >= 0.6 is 15.9 Å². The fourth-order valence-electron chi connectivity index (χ4n) is 2.58. The smallest absolute Gasteiger partial charge is 0.124 e. The molecule has 0 atom stereocenters. The normalized spacial score (nSPS) is 16.6. The van der Waals surface area contributed by atoms with E-state index in [2.05, 4.69) is 20.8 Å². The zero-order valence-electron chi connectivity index (χ0n) is 11.2. The number of hydrogen-bond acceptors (Lipinski definition) is 3. The molecule has 2 rings (SSSR count). The summed E-state index contributed by atoms with van der Waals surface area (Å²) in [7, 11) is 1.76. The molecule has 0 radical (unpaired) electrons. The number of hydrogen-bond donors (Lipinski definition) is 2. The Bertz CT molecular complexity index is 456. The fourth-order valence-corrected chi connectivity index (χ4v) is 2.94. The second-order valence-electron chi connectivity index (χ2n) is 4.96. The van der Waals surface area contributed by atoms with Gasteiger partial charge in [-0.3, -0.25) is 5.41 Å². The maximum absolute atomic E-state index is 7.71. The third-order valence-corrected chi connectivity index (χ3v) is 4.10. The Labute approximate surface area is 122 Å². The quantitative estimate of drug-likeness (QED) is 0.660. The molecule has 19 heavy (non-hydrogen) atoms. The van der Waals surface area contributed by atoms with Crippen LogP contribution in [-0.2, 0) is 4.74 Å². The van der Waals surface area contributed by atoms with E-state index in [1.54, 1.807) is 7.11 Å². The molecule has 1 heterocycles. The lowest BCUT2D eigenvalue weighted by molar-refractivity contribution is 0.139. The minimum absolute atomic E-state index is 0.121. The van der Waals surface area contributed by atoms with Gasteiger partial charge in [0.2, 0.25) is 0 Å². The maximum atomic E-state index is 7.71. The fraction of sp³-hybridized carbons (Fsp3) is 0.500. The molecule has 1 aromatic carbocycles. The van der Waals surface area contributed by atoms with Gasteiger partial charge in [0.25, 0.3) is 0 Å². The van der Waals surface area contributed by atoms with E-state index >= 15 is 0 Å². The number of nitrogen functional groups attached to an aromatic ring is 1. The number of benzene rings is 1. The molecule has 0 spiro atoms. The molecule has 5 heteroatoms. The van der Waals surface area contributed by atoms with Crippen molar-refractivity contribution < 1.29 is 4.74 Å².